The van der Waals surface area contributed by atoms with Crippen molar-refractivity contribution < 1.29 is 4.74 Å². The normalized spacial score (nSPS) is 10.4. The van der Waals surface area contributed by atoms with Gasteiger partial charge in [-0.05, 0) is 46.3 Å². The summed E-state index contributed by atoms with van der Waals surface area (Å²) in [4.78, 5) is 0. The SMILES string of the molecule is COc1ccc(-c2nnc3ccc(C#N)cn23)cc1Br. The number of fused-ring (bicyclic) bond motifs is 1. The molecule has 1 aromatic carbocycles. The van der Waals surface area contributed by atoms with Crippen molar-refractivity contribution in [2.24, 2.45) is 0 Å². The van der Waals surface area contributed by atoms with Gasteiger partial charge >= 0.3 is 0 Å². The van der Waals surface area contributed by atoms with Crippen molar-refractivity contribution in [2.45, 2.75) is 0 Å². The lowest BCUT2D eigenvalue weighted by molar-refractivity contribution is 0.412. The zero-order valence-corrected chi connectivity index (χ0v) is 12.1. The maximum absolute atomic E-state index is 8.98. The molecule has 0 spiro atoms. The number of aromatic nitrogens is 3. The quantitative estimate of drug-likeness (QED) is 0.725. The molecule has 5 nitrogen and oxygen atoms in total. The van der Waals surface area contributed by atoms with Crippen molar-refractivity contribution in [3.63, 3.8) is 0 Å². The van der Waals surface area contributed by atoms with E-state index in [1.807, 2.05) is 18.2 Å². The molecule has 3 aromatic rings. The zero-order valence-electron chi connectivity index (χ0n) is 10.5. The van der Waals surface area contributed by atoms with Crippen molar-refractivity contribution in [1.29, 1.82) is 5.26 Å². The van der Waals surface area contributed by atoms with Crippen LogP contribution >= 0.6 is 15.9 Å². The Bertz CT molecular complexity index is 835. The molecule has 0 amide bonds. The van der Waals surface area contributed by atoms with E-state index >= 15 is 0 Å². The molecule has 0 saturated carbocycles. The first-order chi connectivity index (χ1) is 9.72. The summed E-state index contributed by atoms with van der Waals surface area (Å²) < 4.78 is 7.85. The van der Waals surface area contributed by atoms with Crippen molar-refractivity contribution in [2.75, 3.05) is 7.11 Å². The number of rotatable bonds is 2. The molecule has 0 fully saturated rings. The van der Waals surface area contributed by atoms with E-state index in [1.165, 1.54) is 0 Å². The van der Waals surface area contributed by atoms with Crippen molar-refractivity contribution in [3.8, 4) is 23.2 Å². The van der Waals surface area contributed by atoms with Crippen LogP contribution in [0.4, 0.5) is 0 Å². The Kier molecular flexibility index (Phi) is 3.12. The molecule has 0 radical (unpaired) electrons. The van der Waals surface area contributed by atoms with Crippen LogP contribution in [0.2, 0.25) is 0 Å². The van der Waals surface area contributed by atoms with Gasteiger partial charge in [0.15, 0.2) is 11.5 Å². The van der Waals surface area contributed by atoms with E-state index < -0.39 is 0 Å². The second-order valence-corrected chi connectivity index (χ2v) is 4.99. The molecule has 0 aliphatic heterocycles. The number of hydrogen-bond donors (Lipinski definition) is 0. The van der Waals surface area contributed by atoms with Crippen LogP contribution in [0.15, 0.2) is 41.0 Å². The summed E-state index contributed by atoms with van der Waals surface area (Å²) in [7, 11) is 1.62. The molecule has 6 heteroatoms. The van der Waals surface area contributed by atoms with Crippen molar-refractivity contribution in [3.05, 3.63) is 46.6 Å². The number of hydrogen-bond acceptors (Lipinski definition) is 4. The number of nitriles is 1. The average molecular weight is 329 g/mol. The Hall–Kier alpha value is -2.39. The number of pyridine rings is 1. The van der Waals surface area contributed by atoms with Gasteiger partial charge in [0.25, 0.3) is 0 Å². The van der Waals surface area contributed by atoms with Crippen LogP contribution < -0.4 is 4.74 Å². The highest BCUT2D eigenvalue weighted by atomic mass is 79.9. The first-order valence-corrected chi connectivity index (χ1v) is 6.61. The Morgan fingerprint density at radius 2 is 2.10 bits per heavy atom. The third-order valence-corrected chi connectivity index (χ3v) is 3.56. The van der Waals surface area contributed by atoms with E-state index in [-0.39, 0.29) is 0 Å². The molecule has 2 aromatic heterocycles. The average Bonchev–Trinajstić information content (AvgIpc) is 2.89. The van der Waals surface area contributed by atoms with E-state index in [4.69, 9.17) is 10.00 Å². The molecule has 0 atom stereocenters. The molecule has 0 aliphatic carbocycles. The van der Waals surface area contributed by atoms with Crippen LogP contribution in [0.25, 0.3) is 17.0 Å². The molecular formula is C14H9BrN4O. The molecule has 98 valence electrons. The molecule has 2 heterocycles. The van der Waals surface area contributed by atoms with Crippen molar-refractivity contribution >= 4 is 21.6 Å². The minimum atomic E-state index is 0.561. The topological polar surface area (TPSA) is 63.2 Å². The second kappa shape index (κ2) is 4.94. The number of methoxy groups -OCH3 is 1. The van der Waals surface area contributed by atoms with Crippen molar-refractivity contribution in [1.82, 2.24) is 14.6 Å². The minimum Gasteiger partial charge on any atom is -0.496 e. The largest absolute Gasteiger partial charge is 0.496 e. The number of benzene rings is 1. The van der Waals surface area contributed by atoms with Gasteiger partial charge in [-0.2, -0.15) is 5.26 Å². The lowest BCUT2D eigenvalue weighted by Gasteiger charge is -2.05. The van der Waals surface area contributed by atoms with E-state index in [2.05, 4.69) is 32.2 Å². The fraction of sp³-hybridized carbons (Fsp3) is 0.0714. The predicted octanol–water partition coefficient (Wildman–Crippen LogP) is 3.04. The lowest BCUT2D eigenvalue weighted by atomic mass is 10.2. The minimum absolute atomic E-state index is 0.561. The number of halogens is 1. The highest BCUT2D eigenvalue weighted by Crippen LogP contribution is 2.29. The standard InChI is InChI=1S/C14H9BrN4O/c1-20-12-4-3-10(6-11(12)15)14-18-17-13-5-2-9(7-16)8-19(13)14/h2-6,8H,1H3. The van der Waals surface area contributed by atoms with Gasteiger partial charge in [0, 0.05) is 11.8 Å². The van der Waals surface area contributed by atoms with Crippen LogP contribution in [-0.2, 0) is 0 Å². The van der Waals surface area contributed by atoms with Crippen LogP contribution in [0, 0.1) is 11.3 Å². The van der Waals surface area contributed by atoms with Gasteiger partial charge in [-0.25, -0.2) is 0 Å². The van der Waals surface area contributed by atoms with Gasteiger partial charge in [-0.1, -0.05) is 0 Å². The summed E-state index contributed by atoms with van der Waals surface area (Å²) in [6.07, 6.45) is 1.73. The first kappa shape index (κ1) is 12.6. The molecule has 0 N–H and O–H groups in total. The van der Waals surface area contributed by atoms with E-state index in [1.54, 1.807) is 29.8 Å². The maximum atomic E-state index is 8.98. The monoisotopic (exact) mass is 328 g/mol. The fourth-order valence-electron chi connectivity index (χ4n) is 1.96. The van der Waals surface area contributed by atoms with Gasteiger partial charge in [-0.3, -0.25) is 4.40 Å². The summed E-state index contributed by atoms with van der Waals surface area (Å²) in [6.45, 7) is 0. The van der Waals surface area contributed by atoms with Crippen LogP contribution in [0.3, 0.4) is 0 Å². The lowest BCUT2D eigenvalue weighted by Crippen LogP contribution is -1.92. The predicted molar refractivity (Wildman–Crippen MR) is 77.4 cm³/mol. The molecule has 20 heavy (non-hydrogen) atoms. The zero-order chi connectivity index (χ0) is 14.1. The molecule has 0 bridgehead atoms. The van der Waals surface area contributed by atoms with E-state index in [9.17, 15) is 0 Å². The highest BCUT2D eigenvalue weighted by molar-refractivity contribution is 9.10. The summed E-state index contributed by atoms with van der Waals surface area (Å²) >= 11 is 3.45. The molecule has 0 saturated heterocycles. The van der Waals surface area contributed by atoms with Crippen LogP contribution in [-0.4, -0.2) is 21.7 Å². The number of ether oxygens (including phenoxy) is 1. The molecule has 0 unspecified atom stereocenters. The Morgan fingerprint density at radius 1 is 1.25 bits per heavy atom. The Morgan fingerprint density at radius 3 is 2.80 bits per heavy atom. The third-order valence-electron chi connectivity index (χ3n) is 2.94. The molecule has 3 rings (SSSR count). The van der Waals surface area contributed by atoms with Gasteiger partial charge in [0.2, 0.25) is 0 Å². The fourth-order valence-corrected chi connectivity index (χ4v) is 2.50. The Balaban J connectivity index is 2.19. The first-order valence-electron chi connectivity index (χ1n) is 5.81. The summed E-state index contributed by atoms with van der Waals surface area (Å²) in [5.74, 6) is 1.43. The van der Waals surface area contributed by atoms with E-state index in [0.717, 1.165) is 15.8 Å². The van der Waals surface area contributed by atoms with E-state index in [0.29, 0.717) is 17.0 Å². The smallest absolute Gasteiger partial charge is 0.168 e. The van der Waals surface area contributed by atoms with Crippen LogP contribution in [0.5, 0.6) is 5.75 Å². The summed E-state index contributed by atoms with van der Waals surface area (Å²) in [5.41, 5.74) is 2.15. The second-order valence-electron chi connectivity index (χ2n) is 4.13. The van der Waals surface area contributed by atoms with Gasteiger partial charge in [0.1, 0.15) is 11.8 Å². The third kappa shape index (κ3) is 2.02. The summed E-state index contributed by atoms with van der Waals surface area (Å²) in [5, 5.41) is 17.3. The summed E-state index contributed by atoms with van der Waals surface area (Å²) in [6, 6.07) is 11.3. The highest BCUT2D eigenvalue weighted by Gasteiger charge is 2.10. The van der Waals surface area contributed by atoms with Gasteiger partial charge in [-0.15, -0.1) is 10.2 Å². The Labute approximate surface area is 123 Å². The molecular weight excluding hydrogens is 320 g/mol. The number of nitrogens with zero attached hydrogens (tertiary/aromatic N) is 4. The van der Waals surface area contributed by atoms with Gasteiger partial charge < -0.3 is 4.74 Å². The van der Waals surface area contributed by atoms with Gasteiger partial charge in [0.05, 0.1) is 17.1 Å². The molecule has 0 aliphatic rings. The maximum Gasteiger partial charge on any atom is 0.168 e. The van der Waals surface area contributed by atoms with Crippen LogP contribution in [0.1, 0.15) is 5.56 Å².